The van der Waals surface area contributed by atoms with E-state index in [9.17, 15) is 13.2 Å². The number of pyridine rings is 1. The standard InChI is InChI=1S/C15H9Cl3F3N3/c16-8-1-2-9(10(17)4-8)13-12(5-22)24-6-7(15(19,20)21)3-11(18)14(24)23-13/h1-4,6H,5,22H2. The first kappa shape index (κ1) is 17.4. The molecule has 0 aliphatic rings. The van der Waals surface area contributed by atoms with Crippen molar-refractivity contribution in [3.05, 3.63) is 56.8 Å². The Labute approximate surface area is 149 Å². The Morgan fingerprint density at radius 1 is 1.08 bits per heavy atom. The summed E-state index contributed by atoms with van der Waals surface area (Å²) in [4.78, 5) is 4.32. The van der Waals surface area contributed by atoms with Crippen molar-refractivity contribution in [3.8, 4) is 11.3 Å². The van der Waals surface area contributed by atoms with Crippen LogP contribution in [-0.2, 0) is 12.7 Å². The number of alkyl halides is 3. The van der Waals surface area contributed by atoms with Crippen LogP contribution < -0.4 is 5.73 Å². The lowest BCUT2D eigenvalue weighted by Gasteiger charge is -2.09. The van der Waals surface area contributed by atoms with Crippen LogP contribution in [-0.4, -0.2) is 9.38 Å². The number of aromatic nitrogens is 2. The molecule has 0 saturated carbocycles. The summed E-state index contributed by atoms with van der Waals surface area (Å²) in [7, 11) is 0. The zero-order valence-electron chi connectivity index (χ0n) is 11.8. The predicted molar refractivity (Wildman–Crippen MR) is 88.6 cm³/mol. The zero-order chi connectivity index (χ0) is 17.6. The number of nitrogens with zero attached hydrogens (tertiary/aromatic N) is 2. The van der Waals surface area contributed by atoms with Crippen LogP contribution in [0.5, 0.6) is 0 Å². The van der Waals surface area contributed by atoms with Gasteiger partial charge in [0.05, 0.1) is 27.0 Å². The molecular formula is C15H9Cl3F3N3. The van der Waals surface area contributed by atoms with Gasteiger partial charge in [0.2, 0.25) is 0 Å². The first-order valence-corrected chi connectivity index (χ1v) is 7.79. The van der Waals surface area contributed by atoms with Crippen molar-refractivity contribution in [2.45, 2.75) is 12.7 Å². The van der Waals surface area contributed by atoms with Gasteiger partial charge < -0.3 is 10.1 Å². The quantitative estimate of drug-likeness (QED) is 0.629. The van der Waals surface area contributed by atoms with Gasteiger partial charge in [-0.15, -0.1) is 0 Å². The smallest absolute Gasteiger partial charge is 0.325 e. The average molecular weight is 395 g/mol. The Morgan fingerprint density at radius 3 is 2.38 bits per heavy atom. The molecule has 9 heteroatoms. The minimum absolute atomic E-state index is 0.0485. The molecule has 3 rings (SSSR count). The molecule has 0 fully saturated rings. The van der Waals surface area contributed by atoms with Gasteiger partial charge in [-0.1, -0.05) is 34.8 Å². The molecule has 2 N–H and O–H groups in total. The molecule has 2 heterocycles. The van der Waals surface area contributed by atoms with Gasteiger partial charge >= 0.3 is 6.18 Å². The van der Waals surface area contributed by atoms with E-state index in [2.05, 4.69) is 4.98 Å². The third kappa shape index (κ3) is 2.95. The van der Waals surface area contributed by atoms with Crippen LogP contribution in [0.25, 0.3) is 16.9 Å². The molecule has 0 unspecified atom stereocenters. The Morgan fingerprint density at radius 2 is 1.79 bits per heavy atom. The lowest BCUT2D eigenvalue weighted by molar-refractivity contribution is -0.137. The number of rotatable bonds is 2. The molecule has 24 heavy (non-hydrogen) atoms. The van der Waals surface area contributed by atoms with Gasteiger partial charge in [-0.05, 0) is 24.3 Å². The van der Waals surface area contributed by atoms with Gasteiger partial charge in [-0.2, -0.15) is 13.2 Å². The van der Waals surface area contributed by atoms with E-state index in [1.807, 2.05) is 0 Å². The highest BCUT2D eigenvalue weighted by Crippen LogP contribution is 2.36. The maximum Gasteiger partial charge on any atom is 0.417 e. The van der Waals surface area contributed by atoms with E-state index < -0.39 is 11.7 Å². The Bertz CT molecular complexity index is 935. The number of hydrogen-bond donors (Lipinski definition) is 1. The molecule has 126 valence electrons. The van der Waals surface area contributed by atoms with E-state index in [1.54, 1.807) is 12.1 Å². The van der Waals surface area contributed by atoms with Crippen molar-refractivity contribution in [1.82, 2.24) is 9.38 Å². The SMILES string of the molecule is NCc1c(-c2ccc(Cl)cc2Cl)nc2c(Cl)cc(C(F)(F)F)cn12. The fourth-order valence-electron chi connectivity index (χ4n) is 2.40. The summed E-state index contributed by atoms with van der Waals surface area (Å²) in [5.74, 6) is 0. The highest BCUT2D eigenvalue weighted by molar-refractivity contribution is 6.36. The maximum absolute atomic E-state index is 13.0. The van der Waals surface area contributed by atoms with Gasteiger partial charge in [-0.3, -0.25) is 0 Å². The molecule has 0 spiro atoms. The minimum Gasteiger partial charge on any atom is -0.325 e. The van der Waals surface area contributed by atoms with Crippen LogP contribution in [0.2, 0.25) is 15.1 Å². The van der Waals surface area contributed by atoms with E-state index in [-0.39, 0.29) is 17.2 Å². The number of benzene rings is 1. The summed E-state index contributed by atoms with van der Waals surface area (Å²) in [6.07, 6.45) is -3.62. The molecule has 3 nitrogen and oxygen atoms in total. The van der Waals surface area contributed by atoms with Crippen molar-refractivity contribution in [2.75, 3.05) is 0 Å². The fraction of sp³-hybridized carbons (Fsp3) is 0.133. The molecule has 0 radical (unpaired) electrons. The lowest BCUT2D eigenvalue weighted by Crippen LogP contribution is -2.09. The Hall–Kier alpha value is -1.47. The summed E-state index contributed by atoms with van der Waals surface area (Å²) in [6.45, 7) is -0.0485. The molecule has 0 aliphatic carbocycles. The normalized spacial score (nSPS) is 12.1. The molecule has 3 aromatic rings. The predicted octanol–water partition coefficient (Wildman–Crippen LogP) is 5.44. The second-order valence-corrected chi connectivity index (χ2v) is 6.25. The summed E-state index contributed by atoms with van der Waals surface area (Å²) in [6, 6.07) is 5.59. The number of nitrogens with two attached hydrogens (primary N) is 1. The number of fused-ring (bicyclic) bond motifs is 1. The van der Waals surface area contributed by atoms with E-state index in [0.717, 1.165) is 12.3 Å². The highest BCUT2D eigenvalue weighted by atomic mass is 35.5. The van der Waals surface area contributed by atoms with Crippen LogP contribution in [0.15, 0.2) is 30.5 Å². The number of halogens is 6. The highest BCUT2D eigenvalue weighted by Gasteiger charge is 2.32. The van der Waals surface area contributed by atoms with Crippen molar-refractivity contribution in [3.63, 3.8) is 0 Å². The van der Waals surface area contributed by atoms with E-state index in [4.69, 9.17) is 40.5 Å². The fourth-order valence-corrected chi connectivity index (χ4v) is 3.15. The minimum atomic E-state index is -4.54. The average Bonchev–Trinajstić information content (AvgIpc) is 2.85. The molecule has 0 bridgehead atoms. The van der Waals surface area contributed by atoms with Crippen LogP contribution in [0.3, 0.4) is 0 Å². The largest absolute Gasteiger partial charge is 0.417 e. The maximum atomic E-state index is 13.0. The molecule has 0 amide bonds. The van der Waals surface area contributed by atoms with E-state index in [0.29, 0.717) is 27.0 Å². The summed E-state index contributed by atoms with van der Waals surface area (Å²) in [5.41, 5.74) is 6.25. The third-order valence-corrected chi connectivity index (χ3v) is 4.31. The lowest BCUT2D eigenvalue weighted by atomic mass is 10.1. The third-order valence-electron chi connectivity index (χ3n) is 3.48. The van der Waals surface area contributed by atoms with Crippen molar-refractivity contribution >= 4 is 40.4 Å². The monoisotopic (exact) mass is 393 g/mol. The first-order chi connectivity index (χ1) is 11.2. The topological polar surface area (TPSA) is 43.3 Å². The second-order valence-electron chi connectivity index (χ2n) is 5.00. The summed E-state index contributed by atoms with van der Waals surface area (Å²) >= 11 is 18.0. The second kappa shape index (κ2) is 6.11. The van der Waals surface area contributed by atoms with Gasteiger partial charge in [0.15, 0.2) is 5.65 Å². The Balaban J connectivity index is 2.32. The first-order valence-electron chi connectivity index (χ1n) is 6.65. The molecule has 0 aliphatic heterocycles. The van der Waals surface area contributed by atoms with Gasteiger partial charge in [0.1, 0.15) is 0 Å². The summed E-state index contributed by atoms with van der Waals surface area (Å²) in [5, 5.41) is 0.614. The number of hydrogen-bond acceptors (Lipinski definition) is 2. The van der Waals surface area contributed by atoms with Crippen molar-refractivity contribution in [1.29, 1.82) is 0 Å². The molecule has 0 atom stereocenters. The molecule has 0 saturated heterocycles. The Kier molecular flexibility index (Phi) is 4.42. The van der Waals surface area contributed by atoms with Crippen LogP contribution >= 0.6 is 34.8 Å². The summed E-state index contributed by atoms with van der Waals surface area (Å²) < 4.78 is 40.3. The van der Waals surface area contributed by atoms with Crippen LogP contribution in [0, 0.1) is 0 Å². The van der Waals surface area contributed by atoms with Gasteiger partial charge in [0.25, 0.3) is 0 Å². The van der Waals surface area contributed by atoms with E-state index in [1.165, 1.54) is 10.5 Å². The van der Waals surface area contributed by atoms with Crippen molar-refractivity contribution in [2.24, 2.45) is 5.73 Å². The molecule has 1 aromatic carbocycles. The molecule has 2 aromatic heterocycles. The number of imidazole rings is 1. The van der Waals surface area contributed by atoms with E-state index >= 15 is 0 Å². The van der Waals surface area contributed by atoms with Gasteiger partial charge in [0, 0.05) is 23.3 Å². The van der Waals surface area contributed by atoms with Crippen LogP contribution in [0.1, 0.15) is 11.3 Å². The van der Waals surface area contributed by atoms with Crippen molar-refractivity contribution < 1.29 is 13.2 Å². The van der Waals surface area contributed by atoms with Crippen LogP contribution in [0.4, 0.5) is 13.2 Å². The molecular weight excluding hydrogens is 386 g/mol. The van der Waals surface area contributed by atoms with Gasteiger partial charge in [-0.25, -0.2) is 4.98 Å². The zero-order valence-corrected chi connectivity index (χ0v) is 14.1.